The number of anilines is 1. The van der Waals surface area contributed by atoms with Gasteiger partial charge in [-0.2, -0.15) is 5.10 Å². The van der Waals surface area contributed by atoms with E-state index in [4.69, 9.17) is 4.74 Å². The Morgan fingerprint density at radius 2 is 1.96 bits per heavy atom. The van der Waals surface area contributed by atoms with E-state index in [1.807, 2.05) is 24.7 Å². The first-order chi connectivity index (χ1) is 12.5. The molecule has 0 spiro atoms. The van der Waals surface area contributed by atoms with Crippen molar-refractivity contribution >= 4 is 24.0 Å². The molecule has 1 fully saturated rings. The van der Waals surface area contributed by atoms with Crippen LogP contribution in [0.1, 0.15) is 25.5 Å². The largest absolute Gasteiger partial charge is 0.490 e. The number of carbonyl (C=O) groups excluding carboxylic acids is 1. The number of aromatic nitrogens is 2. The highest BCUT2D eigenvalue weighted by molar-refractivity contribution is 5.92. The number of ether oxygens (including phenoxy) is 1. The third-order valence-electron chi connectivity index (χ3n) is 4.56. The lowest BCUT2D eigenvalue weighted by atomic mass is 10.1. The molecule has 0 atom stereocenters. The van der Waals surface area contributed by atoms with E-state index in [0.29, 0.717) is 12.3 Å². The molecule has 1 aliphatic rings. The summed E-state index contributed by atoms with van der Waals surface area (Å²) in [6.45, 7) is 6.63. The molecule has 0 unspecified atom stereocenters. The van der Waals surface area contributed by atoms with Crippen LogP contribution in [0, 0.1) is 12.7 Å². The van der Waals surface area contributed by atoms with Crippen LogP contribution in [-0.4, -0.2) is 46.3 Å². The van der Waals surface area contributed by atoms with E-state index in [-0.39, 0.29) is 30.2 Å². The number of hydrogen-bond donors (Lipinski definition) is 1. The van der Waals surface area contributed by atoms with Crippen LogP contribution in [0.4, 0.5) is 10.1 Å². The second-order valence-corrected chi connectivity index (χ2v) is 6.58. The van der Waals surface area contributed by atoms with E-state index in [1.54, 1.807) is 12.1 Å². The first-order valence-corrected chi connectivity index (χ1v) is 9.02. The van der Waals surface area contributed by atoms with E-state index < -0.39 is 0 Å². The minimum absolute atomic E-state index is 0. The van der Waals surface area contributed by atoms with Gasteiger partial charge in [0.1, 0.15) is 17.7 Å². The summed E-state index contributed by atoms with van der Waals surface area (Å²) in [5.74, 6) is 0.394. The summed E-state index contributed by atoms with van der Waals surface area (Å²) in [4.78, 5) is 14.4. The lowest BCUT2D eigenvalue weighted by Gasteiger charge is -2.31. The van der Waals surface area contributed by atoms with Crippen LogP contribution in [0.25, 0.3) is 0 Å². The molecule has 1 saturated heterocycles. The van der Waals surface area contributed by atoms with Crippen LogP contribution in [0.15, 0.2) is 30.5 Å². The molecule has 0 radical (unpaired) electrons. The maximum absolute atomic E-state index is 12.9. The number of nitrogens with zero attached hydrogens (tertiary/aromatic N) is 3. The van der Waals surface area contributed by atoms with E-state index >= 15 is 0 Å². The standard InChI is InChI=1S/C19H25FN4O2.ClH/c1-3-24-12-18(14(2)22-24)21-19(25)13-23-10-8-17(9-11-23)26-16-6-4-15(20)5-7-16;/h4-7,12,17H,3,8-11,13H2,1-2H3,(H,21,25);1H. The smallest absolute Gasteiger partial charge is 0.238 e. The summed E-state index contributed by atoms with van der Waals surface area (Å²) < 4.78 is 20.6. The lowest BCUT2D eigenvalue weighted by Crippen LogP contribution is -2.42. The van der Waals surface area contributed by atoms with Crippen LogP contribution in [0.3, 0.4) is 0 Å². The number of piperidine rings is 1. The van der Waals surface area contributed by atoms with Gasteiger partial charge in [-0.25, -0.2) is 4.39 Å². The van der Waals surface area contributed by atoms with Gasteiger partial charge in [-0.15, -0.1) is 12.4 Å². The number of aryl methyl sites for hydroxylation is 2. The highest BCUT2D eigenvalue weighted by Crippen LogP contribution is 2.19. The zero-order valence-electron chi connectivity index (χ0n) is 15.7. The summed E-state index contributed by atoms with van der Waals surface area (Å²) in [7, 11) is 0. The van der Waals surface area contributed by atoms with E-state index in [9.17, 15) is 9.18 Å². The van der Waals surface area contributed by atoms with E-state index in [0.717, 1.165) is 43.9 Å². The fourth-order valence-electron chi connectivity index (χ4n) is 3.09. The van der Waals surface area contributed by atoms with Crippen molar-refractivity contribution in [3.63, 3.8) is 0 Å². The van der Waals surface area contributed by atoms with Crippen molar-refractivity contribution in [3.05, 3.63) is 42.0 Å². The molecule has 1 aromatic carbocycles. The van der Waals surface area contributed by atoms with Gasteiger partial charge in [0.15, 0.2) is 0 Å². The van der Waals surface area contributed by atoms with Crippen molar-refractivity contribution in [1.82, 2.24) is 14.7 Å². The minimum atomic E-state index is -0.266. The Morgan fingerprint density at radius 3 is 2.56 bits per heavy atom. The first-order valence-electron chi connectivity index (χ1n) is 9.02. The fourth-order valence-corrected chi connectivity index (χ4v) is 3.09. The van der Waals surface area contributed by atoms with Crippen LogP contribution < -0.4 is 10.1 Å². The second-order valence-electron chi connectivity index (χ2n) is 6.58. The molecule has 8 heteroatoms. The van der Waals surface area contributed by atoms with Crippen molar-refractivity contribution in [2.45, 2.75) is 39.3 Å². The number of benzene rings is 1. The van der Waals surface area contributed by atoms with Gasteiger partial charge < -0.3 is 10.1 Å². The number of hydrogen-bond acceptors (Lipinski definition) is 4. The van der Waals surface area contributed by atoms with Crippen molar-refractivity contribution < 1.29 is 13.9 Å². The molecule has 1 aliphatic heterocycles. The van der Waals surface area contributed by atoms with Crippen molar-refractivity contribution in [1.29, 1.82) is 0 Å². The van der Waals surface area contributed by atoms with Gasteiger partial charge in [-0.05, 0) is 51.0 Å². The predicted octanol–water partition coefficient (Wildman–Crippen LogP) is 3.25. The van der Waals surface area contributed by atoms with Gasteiger partial charge in [0.2, 0.25) is 5.91 Å². The summed E-state index contributed by atoms with van der Waals surface area (Å²) in [6, 6.07) is 6.09. The summed E-state index contributed by atoms with van der Waals surface area (Å²) >= 11 is 0. The number of nitrogens with one attached hydrogen (secondary N) is 1. The maximum atomic E-state index is 12.9. The van der Waals surface area contributed by atoms with Gasteiger partial charge in [-0.1, -0.05) is 0 Å². The van der Waals surface area contributed by atoms with Crippen molar-refractivity contribution in [3.8, 4) is 5.75 Å². The average Bonchev–Trinajstić information content (AvgIpc) is 2.98. The van der Waals surface area contributed by atoms with Crippen LogP contribution in [-0.2, 0) is 11.3 Å². The Morgan fingerprint density at radius 1 is 1.30 bits per heavy atom. The maximum Gasteiger partial charge on any atom is 0.238 e. The van der Waals surface area contributed by atoms with Gasteiger partial charge in [0.05, 0.1) is 17.9 Å². The zero-order chi connectivity index (χ0) is 18.5. The molecule has 27 heavy (non-hydrogen) atoms. The first kappa shape index (κ1) is 21.2. The van der Waals surface area contributed by atoms with E-state index in [1.165, 1.54) is 12.1 Å². The second kappa shape index (κ2) is 9.71. The third kappa shape index (κ3) is 5.94. The summed E-state index contributed by atoms with van der Waals surface area (Å²) in [6.07, 6.45) is 3.65. The Hall–Kier alpha value is -2.12. The molecule has 6 nitrogen and oxygen atoms in total. The molecule has 3 rings (SSSR count). The Bertz CT molecular complexity index is 743. The molecule has 0 bridgehead atoms. The molecule has 0 aliphatic carbocycles. The Balaban J connectivity index is 0.00000261. The lowest BCUT2D eigenvalue weighted by molar-refractivity contribution is -0.117. The van der Waals surface area contributed by atoms with Crippen LogP contribution >= 0.6 is 12.4 Å². The molecule has 148 valence electrons. The molecule has 1 amide bonds. The highest BCUT2D eigenvalue weighted by atomic mass is 35.5. The molecule has 2 heterocycles. The van der Waals surface area contributed by atoms with Crippen LogP contribution in [0.5, 0.6) is 5.75 Å². The van der Waals surface area contributed by atoms with Gasteiger partial charge in [0, 0.05) is 25.8 Å². The fraction of sp³-hybridized carbons (Fsp3) is 0.474. The zero-order valence-corrected chi connectivity index (χ0v) is 16.5. The minimum Gasteiger partial charge on any atom is -0.490 e. The summed E-state index contributed by atoms with van der Waals surface area (Å²) in [5, 5.41) is 7.27. The molecule has 1 N–H and O–H groups in total. The van der Waals surface area contributed by atoms with Gasteiger partial charge in [0.25, 0.3) is 0 Å². The quantitative estimate of drug-likeness (QED) is 0.814. The molecule has 2 aromatic rings. The number of carbonyl (C=O) groups is 1. The number of amides is 1. The van der Waals surface area contributed by atoms with Gasteiger partial charge in [-0.3, -0.25) is 14.4 Å². The number of likely N-dealkylation sites (tertiary alicyclic amines) is 1. The average molecular weight is 397 g/mol. The normalized spacial score (nSPS) is 15.2. The summed E-state index contributed by atoms with van der Waals surface area (Å²) in [5.41, 5.74) is 1.60. The third-order valence-corrected chi connectivity index (χ3v) is 4.56. The Labute approximate surface area is 165 Å². The molecule has 0 saturated carbocycles. The molecular weight excluding hydrogens is 371 g/mol. The SMILES string of the molecule is CCn1cc(NC(=O)CN2CCC(Oc3ccc(F)cc3)CC2)c(C)n1.Cl. The van der Waals surface area contributed by atoms with Crippen molar-refractivity contribution in [2.24, 2.45) is 0 Å². The number of rotatable bonds is 6. The van der Waals surface area contributed by atoms with E-state index in [2.05, 4.69) is 15.3 Å². The van der Waals surface area contributed by atoms with Gasteiger partial charge >= 0.3 is 0 Å². The number of halogens is 2. The molecule has 1 aromatic heterocycles. The predicted molar refractivity (Wildman–Crippen MR) is 105 cm³/mol. The molecular formula is C19H26ClFN4O2. The van der Waals surface area contributed by atoms with Crippen molar-refractivity contribution in [2.75, 3.05) is 25.0 Å². The Kier molecular flexibility index (Phi) is 7.62. The monoisotopic (exact) mass is 396 g/mol. The highest BCUT2D eigenvalue weighted by Gasteiger charge is 2.22. The topological polar surface area (TPSA) is 59.4 Å². The van der Waals surface area contributed by atoms with Crippen LogP contribution in [0.2, 0.25) is 0 Å².